The quantitative estimate of drug-likeness (QED) is 0.909. The first kappa shape index (κ1) is 16.7. The summed E-state index contributed by atoms with van der Waals surface area (Å²) >= 11 is 0. The van der Waals surface area contributed by atoms with Crippen molar-refractivity contribution in [3.05, 3.63) is 64.1 Å². The van der Waals surface area contributed by atoms with Crippen molar-refractivity contribution in [2.45, 2.75) is 19.4 Å². The second kappa shape index (κ2) is 7.04. The van der Waals surface area contributed by atoms with Crippen molar-refractivity contribution in [1.29, 1.82) is 0 Å². The van der Waals surface area contributed by atoms with E-state index in [0.717, 1.165) is 18.2 Å². The number of urea groups is 1. The summed E-state index contributed by atoms with van der Waals surface area (Å²) in [5.74, 6) is -1.19. The Labute approximate surface area is 131 Å². The fourth-order valence-electron chi connectivity index (χ4n) is 2.19. The molecule has 1 aromatic heterocycles. The number of benzene rings is 1. The van der Waals surface area contributed by atoms with Crippen molar-refractivity contribution in [3.63, 3.8) is 0 Å². The van der Waals surface area contributed by atoms with Gasteiger partial charge in [0.05, 0.1) is 6.04 Å². The fraction of sp³-hybridized carbons (Fsp3) is 0.250. The summed E-state index contributed by atoms with van der Waals surface area (Å²) < 4.78 is 28.4. The number of aromatic nitrogens is 1. The molecule has 5 nitrogen and oxygen atoms in total. The number of halogens is 2. The number of nitrogens with zero attached hydrogens (tertiary/aromatic N) is 1. The Bertz CT molecular complexity index is 774. The van der Waals surface area contributed by atoms with Gasteiger partial charge in [-0.1, -0.05) is 6.92 Å². The van der Waals surface area contributed by atoms with Gasteiger partial charge in [0, 0.05) is 18.8 Å². The van der Waals surface area contributed by atoms with Gasteiger partial charge in [0.1, 0.15) is 17.3 Å². The lowest BCUT2D eigenvalue weighted by atomic mass is 10.0. The maximum Gasteiger partial charge on any atom is 0.319 e. The van der Waals surface area contributed by atoms with Crippen molar-refractivity contribution >= 4 is 11.7 Å². The summed E-state index contributed by atoms with van der Waals surface area (Å²) in [6.07, 6.45) is 1.92. The van der Waals surface area contributed by atoms with E-state index in [1.54, 1.807) is 26.2 Å². The molecule has 0 spiro atoms. The van der Waals surface area contributed by atoms with E-state index >= 15 is 0 Å². The van der Waals surface area contributed by atoms with Crippen molar-refractivity contribution < 1.29 is 13.6 Å². The summed E-state index contributed by atoms with van der Waals surface area (Å²) in [5.41, 5.74) is -0.210. The fourth-order valence-corrected chi connectivity index (χ4v) is 2.19. The Morgan fingerprint density at radius 1 is 1.30 bits per heavy atom. The predicted octanol–water partition coefficient (Wildman–Crippen LogP) is 2.94. The maximum absolute atomic E-state index is 13.8. The second-order valence-electron chi connectivity index (χ2n) is 5.06. The van der Waals surface area contributed by atoms with Gasteiger partial charge in [-0.05, 0) is 36.8 Å². The Morgan fingerprint density at radius 2 is 2.04 bits per heavy atom. The number of anilines is 1. The molecule has 0 unspecified atom stereocenters. The number of aryl methyl sites for hydroxylation is 1. The predicted molar refractivity (Wildman–Crippen MR) is 83.2 cm³/mol. The number of rotatable bonds is 4. The molecule has 2 amide bonds. The Hall–Kier alpha value is -2.70. The van der Waals surface area contributed by atoms with Crippen LogP contribution >= 0.6 is 0 Å². The lowest BCUT2D eigenvalue weighted by molar-refractivity contribution is 0.248. The van der Waals surface area contributed by atoms with Crippen LogP contribution in [-0.4, -0.2) is 10.6 Å². The molecule has 2 aromatic rings. The Balaban J connectivity index is 2.15. The zero-order valence-electron chi connectivity index (χ0n) is 12.8. The summed E-state index contributed by atoms with van der Waals surface area (Å²) in [6.45, 7) is 1.73. The SMILES string of the molecule is CC[C@H](NC(=O)Nc1cccn(C)c1=O)c1cc(F)ccc1F. The zero-order chi connectivity index (χ0) is 17.0. The van der Waals surface area contributed by atoms with E-state index in [1.165, 1.54) is 10.6 Å². The van der Waals surface area contributed by atoms with E-state index in [-0.39, 0.29) is 16.8 Å². The van der Waals surface area contributed by atoms with Crippen LogP contribution in [0.2, 0.25) is 0 Å². The number of amides is 2. The molecule has 0 aliphatic rings. The Morgan fingerprint density at radius 3 is 2.74 bits per heavy atom. The molecule has 2 N–H and O–H groups in total. The van der Waals surface area contributed by atoms with E-state index in [9.17, 15) is 18.4 Å². The van der Waals surface area contributed by atoms with Crippen LogP contribution in [-0.2, 0) is 7.05 Å². The zero-order valence-corrected chi connectivity index (χ0v) is 12.8. The maximum atomic E-state index is 13.8. The van der Waals surface area contributed by atoms with Crippen molar-refractivity contribution in [3.8, 4) is 0 Å². The van der Waals surface area contributed by atoms with Gasteiger partial charge in [-0.2, -0.15) is 0 Å². The molecule has 0 saturated carbocycles. The molecule has 1 heterocycles. The van der Waals surface area contributed by atoms with E-state index < -0.39 is 23.7 Å². The highest BCUT2D eigenvalue weighted by molar-refractivity contribution is 5.89. The van der Waals surface area contributed by atoms with Gasteiger partial charge < -0.3 is 15.2 Å². The van der Waals surface area contributed by atoms with E-state index in [1.807, 2.05) is 0 Å². The van der Waals surface area contributed by atoms with Crippen LogP contribution in [0.25, 0.3) is 0 Å². The third-order valence-corrected chi connectivity index (χ3v) is 3.42. The minimum absolute atomic E-state index is 0.0589. The van der Waals surface area contributed by atoms with Crippen molar-refractivity contribution in [2.75, 3.05) is 5.32 Å². The molecule has 7 heteroatoms. The highest BCUT2D eigenvalue weighted by Crippen LogP contribution is 2.21. The first-order chi connectivity index (χ1) is 10.9. The topological polar surface area (TPSA) is 63.1 Å². The lowest BCUT2D eigenvalue weighted by Crippen LogP contribution is -2.35. The lowest BCUT2D eigenvalue weighted by Gasteiger charge is -2.18. The average Bonchev–Trinajstić information content (AvgIpc) is 2.52. The van der Waals surface area contributed by atoms with Crippen LogP contribution in [0.1, 0.15) is 24.9 Å². The monoisotopic (exact) mass is 321 g/mol. The van der Waals surface area contributed by atoms with Crippen LogP contribution in [0.15, 0.2) is 41.3 Å². The van der Waals surface area contributed by atoms with E-state index in [4.69, 9.17) is 0 Å². The van der Waals surface area contributed by atoms with Crippen molar-refractivity contribution in [1.82, 2.24) is 9.88 Å². The van der Waals surface area contributed by atoms with Gasteiger partial charge in [0.25, 0.3) is 5.56 Å². The average molecular weight is 321 g/mol. The van der Waals surface area contributed by atoms with Crippen molar-refractivity contribution in [2.24, 2.45) is 7.05 Å². The van der Waals surface area contributed by atoms with Gasteiger partial charge in [-0.15, -0.1) is 0 Å². The first-order valence-corrected chi connectivity index (χ1v) is 7.10. The molecule has 0 aliphatic heterocycles. The van der Waals surface area contributed by atoms with Gasteiger partial charge in [0.15, 0.2) is 0 Å². The highest BCUT2D eigenvalue weighted by Gasteiger charge is 2.18. The second-order valence-corrected chi connectivity index (χ2v) is 5.06. The molecule has 0 radical (unpaired) electrons. The number of carbonyl (C=O) groups excluding carboxylic acids is 1. The third-order valence-electron chi connectivity index (χ3n) is 3.42. The summed E-state index contributed by atoms with van der Waals surface area (Å²) in [7, 11) is 1.56. The smallest absolute Gasteiger partial charge is 0.319 e. The number of pyridine rings is 1. The Kier molecular flexibility index (Phi) is 5.10. The molecule has 0 saturated heterocycles. The van der Waals surface area contributed by atoms with E-state index in [2.05, 4.69) is 10.6 Å². The minimum atomic E-state index is -0.710. The van der Waals surface area contributed by atoms with Crippen LogP contribution in [0, 0.1) is 11.6 Å². The summed E-state index contributed by atoms with van der Waals surface area (Å²) in [5, 5.41) is 4.96. The molecular weight excluding hydrogens is 304 g/mol. The number of hydrogen-bond donors (Lipinski definition) is 2. The molecule has 122 valence electrons. The normalized spacial score (nSPS) is 11.8. The van der Waals surface area contributed by atoms with Gasteiger partial charge in [-0.3, -0.25) is 4.79 Å². The molecule has 0 aliphatic carbocycles. The molecule has 2 rings (SSSR count). The van der Waals surface area contributed by atoms with E-state index in [0.29, 0.717) is 6.42 Å². The molecule has 0 fully saturated rings. The minimum Gasteiger partial charge on any atom is -0.331 e. The van der Waals surface area contributed by atoms with Crippen LogP contribution < -0.4 is 16.2 Å². The molecular formula is C16H17F2N3O2. The van der Waals surface area contributed by atoms with Gasteiger partial charge in [-0.25, -0.2) is 13.6 Å². The third kappa shape index (κ3) is 3.94. The number of hydrogen-bond acceptors (Lipinski definition) is 2. The molecule has 1 atom stereocenters. The number of carbonyl (C=O) groups is 1. The van der Waals surface area contributed by atoms with Gasteiger partial charge in [0.2, 0.25) is 0 Å². The van der Waals surface area contributed by atoms with Crippen LogP contribution in [0.5, 0.6) is 0 Å². The number of nitrogens with one attached hydrogen (secondary N) is 2. The first-order valence-electron chi connectivity index (χ1n) is 7.10. The molecule has 0 bridgehead atoms. The molecule has 23 heavy (non-hydrogen) atoms. The highest BCUT2D eigenvalue weighted by atomic mass is 19.1. The molecule has 1 aromatic carbocycles. The van der Waals surface area contributed by atoms with Gasteiger partial charge >= 0.3 is 6.03 Å². The summed E-state index contributed by atoms with van der Waals surface area (Å²) in [4.78, 5) is 23.9. The summed E-state index contributed by atoms with van der Waals surface area (Å²) in [6, 6.07) is 4.78. The standard InChI is InChI=1S/C16H17F2N3O2/c1-3-13(11-9-10(17)6-7-12(11)18)19-16(23)20-14-5-4-8-21(2)15(14)22/h4-9,13H,3H2,1-2H3,(H2,19,20,23)/t13-/m0/s1. The largest absolute Gasteiger partial charge is 0.331 e. The van der Waals surface area contributed by atoms with Crippen LogP contribution in [0.4, 0.5) is 19.3 Å². The van der Waals surface area contributed by atoms with Crippen LogP contribution in [0.3, 0.4) is 0 Å².